The zero-order valence-corrected chi connectivity index (χ0v) is 14.3. The second kappa shape index (κ2) is 8.25. The van der Waals surface area contributed by atoms with Crippen LogP contribution >= 0.6 is 15.9 Å². The van der Waals surface area contributed by atoms with Crippen molar-refractivity contribution in [2.24, 2.45) is 0 Å². The van der Waals surface area contributed by atoms with Gasteiger partial charge < -0.3 is 14.6 Å². The summed E-state index contributed by atoms with van der Waals surface area (Å²) < 4.78 is 8.98. The lowest BCUT2D eigenvalue weighted by Gasteiger charge is -2.11. The molecule has 0 spiro atoms. The predicted molar refractivity (Wildman–Crippen MR) is 90.8 cm³/mol. The Kier molecular flexibility index (Phi) is 6.33. The van der Waals surface area contributed by atoms with Crippen molar-refractivity contribution >= 4 is 15.9 Å². The standard InChI is InChI=1S/C17H23BrN2O/c1-3-8-19-14(2)15-7-9-20(13-15)10-11-21-17-6-4-5-16(18)12-17/h4-7,9,12-14,19H,3,8,10-11H2,1-2H3. The molecule has 0 aliphatic heterocycles. The molecule has 2 aromatic rings. The van der Waals surface area contributed by atoms with E-state index in [-0.39, 0.29) is 0 Å². The summed E-state index contributed by atoms with van der Waals surface area (Å²) in [5, 5.41) is 3.50. The summed E-state index contributed by atoms with van der Waals surface area (Å²) in [6.45, 7) is 6.96. The summed E-state index contributed by atoms with van der Waals surface area (Å²) in [6, 6.07) is 10.5. The Morgan fingerprint density at radius 2 is 2.19 bits per heavy atom. The van der Waals surface area contributed by atoms with Crippen LogP contribution in [-0.2, 0) is 6.54 Å². The van der Waals surface area contributed by atoms with Crippen LogP contribution in [0.25, 0.3) is 0 Å². The van der Waals surface area contributed by atoms with E-state index in [0.29, 0.717) is 12.6 Å². The molecule has 21 heavy (non-hydrogen) atoms. The first kappa shape index (κ1) is 16.1. The van der Waals surface area contributed by atoms with Crippen LogP contribution in [0.5, 0.6) is 5.75 Å². The normalized spacial score (nSPS) is 12.3. The summed E-state index contributed by atoms with van der Waals surface area (Å²) in [5.74, 6) is 0.898. The summed E-state index contributed by atoms with van der Waals surface area (Å²) in [6.07, 6.45) is 5.47. The highest BCUT2D eigenvalue weighted by Gasteiger charge is 2.05. The quantitative estimate of drug-likeness (QED) is 0.763. The average molecular weight is 351 g/mol. The molecule has 0 fully saturated rings. The molecular weight excluding hydrogens is 328 g/mol. The second-order valence-corrected chi connectivity index (χ2v) is 6.08. The van der Waals surface area contributed by atoms with Crippen LogP contribution in [0.4, 0.5) is 0 Å². The van der Waals surface area contributed by atoms with Gasteiger partial charge in [0.1, 0.15) is 12.4 Å². The van der Waals surface area contributed by atoms with Gasteiger partial charge in [-0.15, -0.1) is 0 Å². The fraction of sp³-hybridized carbons (Fsp3) is 0.412. The molecule has 2 rings (SSSR count). The van der Waals surface area contributed by atoms with Gasteiger partial charge in [-0.25, -0.2) is 0 Å². The van der Waals surface area contributed by atoms with Gasteiger partial charge in [-0.2, -0.15) is 0 Å². The third kappa shape index (κ3) is 5.21. The summed E-state index contributed by atoms with van der Waals surface area (Å²) >= 11 is 3.45. The van der Waals surface area contributed by atoms with E-state index in [1.165, 1.54) is 5.56 Å². The van der Waals surface area contributed by atoms with E-state index in [4.69, 9.17) is 4.74 Å². The number of rotatable bonds is 8. The maximum absolute atomic E-state index is 5.76. The lowest BCUT2D eigenvalue weighted by atomic mass is 10.2. The van der Waals surface area contributed by atoms with E-state index >= 15 is 0 Å². The molecule has 0 amide bonds. The van der Waals surface area contributed by atoms with E-state index in [9.17, 15) is 0 Å². The van der Waals surface area contributed by atoms with Crippen molar-refractivity contribution in [3.63, 3.8) is 0 Å². The van der Waals surface area contributed by atoms with Gasteiger partial charge in [-0.3, -0.25) is 0 Å². The Bertz CT molecular complexity index is 553. The third-order valence-electron chi connectivity index (χ3n) is 3.39. The molecule has 114 valence electrons. The number of nitrogens with one attached hydrogen (secondary N) is 1. The molecular formula is C17H23BrN2O. The number of hydrogen-bond donors (Lipinski definition) is 1. The Balaban J connectivity index is 1.80. The lowest BCUT2D eigenvalue weighted by molar-refractivity contribution is 0.298. The highest BCUT2D eigenvalue weighted by atomic mass is 79.9. The van der Waals surface area contributed by atoms with Gasteiger partial charge in [0.05, 0.1) is 6.54 Å². The number of hydrogen-bond acceptors (Lipinski definition) is 2. The molecule has 0 aliphatic rings. The molecule has 1 unspecified atom stereocenters. The van der Waals surface area contributed by atoms with Crippen molar-refractivity contribution in [1.82, 2.24) is 9.88 Å². The van der Waals surface area contributed by atoms with Crippen LogP contribution in [0.3, 0.4) is 0 Å². The largest absolute Gasteiger partial charge is 0.492 e. The van der Waals surface area contributed by atoms with E-state index in [1.807, 2.05) is 24.3 Å². The number of benzene rings is 1. The average Bonchev–Trinajstić information content (AvgIpc) is 2.94. The minimum absolute atomic E-state index is 0.400. The topological polar surface area (TPSA) is 26.2 Å². The van der Waals surface area contributed by atoms with Crippen molar-refractivity contribution in [2.75, 3.05) is 13.2 Å². The number of nitrogens with zero attached hydrogens (tertiary/aromatic N) is 1. The summed E-state index contributed by atoms with van der Waals surface area (Å²) in [4.78, 5) is 0. The van der Waals surface area contributed by atoms with Crippen LogP contribution in [0, 0.1) is 0 Å². The number of halogens is 1. The van der Waals surface area contributed by atoms with Crippen molar-refractivity contribution in [3.05, 3.63) is 52.8 Å². The van der Waals surface area contributed by atoms with Crippen LogP contribution in [0.15, 0.2) is 47.2 Å². The molecule has 1 N–H and O–H groups in total. The first-order valence-electron chi connectivity index (χ1n) is 7.46. The summed E-state index contributed by atoms with van der Waals surface area (Å²) in [5.41, 5.74) is 1.32. The lowest BCUT2D eigenvalue weighted by Crippen LogP contribution is -2.18. The molecule has 1 heterocycles. The summed E-state index contributed by atoms with van der Waals surface area (Å²) in [7, 11) is 0. The van der Waals surface area contributed by atoms with Gasteiger partial charge in [0.25, 0.3) is 0 Å². The van der Waals surface area contributed by atoms with Crippen molar-refractivity contribution in [3.8, 4) is 5.75 Å². The highest BCUT2D eigenvalue weighted by Crippen LogP contribution is 2.18. The van der Waals surface area contributed by atoms with Gasteiger partial charge in [-0.1, -0.05) is 28.9 Å². The molecule has 0 radical (unpaired) electrons. The van der Waals surface area contributed by atoms with E-state index in [0.717, 1.165) is 29.7 Å². The van der Waals surface area contributed by atoms with Gasteiger partial charge in [0.15, 0.2) is 0 Å². The Morgan fingerprint density at radius 3 is 2.95 bits per heavy atom. The predicted octanol–water partition coefficient (Wildman–Crippen LogP) is 4.39. The molecule has 0 bridgehead atoms. The number of ether oxygens (including phenoxy) is 1. The minimum atomic E-state index is 0.400. The van der Waals surface area contributed by atoms with Gasteiger partial charge >= 0.3 is 0 Å². The van der Waals surface area contributed by atoms with Crippen LogP contribution in [0.1, 0.15) is 31.9 Å². The Morgan fingerprint density at radius 1 is 1.33 bits per heavy atom. The molecule has 0 saturated carbocycles. The Labute approximate surface area is 135 Å². The zero-order valence-electron chi connectivity index (χ0n) is 12.7. The smallest absolute Gasteiger partial charge is 0.120 e. The molecule has 4 heteroatoms. The minimum Gasteiger partial charge on any atom is -0.492 e. The fourth-order valence-corrected chi connectivity index (χ4v) is 2.54. The molecule has 0 saturated heterocycles. The van der Waals surface area contributed by atoms with Gasteiger partial charge in [-0.05, 0) is 49.7 Å². The van der Waals surface area contributed by atoms with Gasteiger partial charge in [0.2, 0.25) is 0 Å². The first-order valence-corrected chi connectivity index (χ1v) is 8.25. The molecule has 3 nitrogen and oxygen atoms in total. The SMILES string of the molecule is CCCNC(C)c1ccn(CCOc2cccc(Br)c2)c1. The van der Waals surface area contributed by atoms with E-state index in [2.05, 4.69) is 58.1 Å². The monoisotopic (exact) mass is 350 g/mol. The highest BCUT2D eigenvalue weighted by molar-refractivity contribution is 9.10. The van der Waals surface area contributed by atoms with Gasteiger partial charge in [0, 0.05) is 22.9 Å². The van der Waals surface area contributed by atoms with Crippen molar-refractivity contribution in [2.45, 2.75) is 32.9 Å². The van der Waals surface area contributed by atoms with Crippen molar-refractivity contribution in [1.29, 1.82) is 0 Å². The maximum Gasteiger partial charge on any atom is 0.120 e. The third-order valence-corrected chi connectivity index (χ3v) is 3.88. The Hall–Kier alpha value is -1.26. The van der Waals surface area contributed by atoms with Crippen LogP contribution < -0.4 is 10.1 Å². The first-order chi connectivity index (χ1) is 10.2. The molecule has 0 aliphatic carbocycles. The second-order valence-electron chi connectivity index (χ2n) is 5.16. The van der Waals surface area contributed by atoms with Crippen LogP contribution in [-0.4, -0.2) is 17.7 Å². The fourth-order valence-electron chi connectivity index (χ4n) is 2.16. The molecule has 1 atom stereocenters. The van der Waals surface area contributed by atoms with Crippen LogP contribution in [0.2, 0.25) is 0 Å². The number of aromatic nitrogens is 1. The molecule has 1 aromatic carbocycles. The zero-order chi connectivity index (χ0) is 15.1. The van der Waals surface area contributed by atoms with E-state index in [1.54, 1.807) is 0 Å². The maximum atomic E-state index is 5.76. The van der Waals surface area contributed by atoms with Crippen molar-refractivity contribution < 1.29 is 4.74 Å². The van der Waals surface area contributed by atoms with E-state index < -0.39 is 0 Å². The molecule has 1 aromatic heterocycles.